The van der Waals surface area contributed by atoms with Gasteiger partial charge < -0.3 is 25.4 Å². The Hall–Kier alpha value is -3.71. The standard InChI is InChI=1S/C24H24ClN3O4/c1-3-26-24(30)28-20-6-4-5-19(14-20)27-23(29)17-9-12-21(22(13-17)31-2)32-15-16-7-10-18(25)11-8-16/h4-14H,3,15H2,1-2H3,(H,27,29)(H2,26,28,30). The molecule has 32 heavy (non-hydrogen) atoms. The molecular weight excluding hydrogens is 430 g/mol. The molecule has 0 atom stereocenters. The van der Waals surface area contributed by atoms with Gasteiger partial charge in [0, 0.05) is 28.5 Å². The minimum atomic E-state index is -0.317. The Bertz CT molecular complexity index is 1090. The highest BCUT2D eigenvalue weighted by atomic mass is 35.5. The lowest BCUT2D eigenvalue weighted by molar-refractivity contribution is 0.102. The van der Waals surface area contributed by atoms with Gasteiger partial charge in [-0.2, -0.15) is 0 Å². The van der Waals surface area contributed by atoms with E-state index in [0.717, 1.165) is 5.56 Å². The highest BCUT2D eigenvalue weighted by Gasteiger charge is 2.12. The predicted molar refractivity (Wildman–Crippen MR) is 126 cm³/mol. The molecule has 0 unspecified atom stereocenters. The summed E-state index contributed by atoms with van der Waals surface area (Å²) in [6.45, 7) is 2.69. The molecule has 0 radical (unpaired) electrons. The summed E-state index contributed by atoms with van der Waals surface area (Å²) < 4.78 is 11.2. The summed E-state index contributed by atoms with van der Waals surface area (Å²) in [5, 5.41) is 8.84. The topological polar surface area (TPSA) is 88.7 Å². The lowest BCUT2D eigenvalue weighted by Gasteiger charge is -2.13. The van der Waals surface area contributed by atoms with E-state index in [-0.39, 0.29) is 11.9 Å². The van der Waals surface area contributed by atoms with Crippen molar-refractivity contribution in [3.63, 3.8) is 0 Å². The normalized spacial score (nSPS) is 10.2. The van der Waals surface area contributed by atoms with Crippen LogP contribution in [-0.4, -0.2) is 25.6 Å². The second-order valence-corrected chi connectivity index (χ2v) is 7.24. The SMILES string of the molecule is CCNC(=O)Nc1cccc(NC(=O)c2ccc(OCc3ccc(Cl)cc3)c(OC)c2)c1. The number of anilines is 2. The maximum absolute atomic E-state index is 12.7. The van der Waals surface area contributed by atoms with Gasteiger partial charge in [0.1, 0.15) is 6.61 Å². The maximum Gasteiger partial charge on any atom is 0.319 e. The van der Waals surface area contributed by atoms with Crippen LogP contribution in [0.15, 0.2) is 66.7 Å². The van der Waals surface area contributed by atoms with Crippen LogP contribution in [0.2, 0.25) is 5.02 Å². The highest BCUT2D eigenvalue weighted by molar-refractivity contribution is 6.30. The minimum absolute atomic E-state index is 0.310. The van der Waals surface area contributed by atoms with Crippen LogP contribution in [-0.2, 0) is 6.61 Å². The molecule has 0 heterocycles. The number of benzene rings is 3. The van der Waals surface area contributed by atoms with Crippen LogP contribution in [0, 0.1) is 0 Å². The van der Waals surface area contributed by atoms with E-state index in [1.54, 1.807) is 54.6 Å². The van der Waals surface area contributed by atoms with Gasteiger partial charge in [-0.3, -0.25) is 4.79 Å². The fourth-order valence-corrected chi connectivity index (χ4v) is 3.01. The van der Waals surface area contributed by atoms with E-state index in [1.807, 2.05) is 19.1 Å². The van der Waals surface area contributed by atoms with Gasteiger partial charge in [-0.15, -0.1) is 0 Å². The Morgan fingerprint density at radius 3 is 2.31 bits per heavy atom. The van der Waals surface area contributed by atoms with Gasteiger partial charge in [0.25, 0.3) is 5.91 Å². The summed E-state index contributed by atoms with van der Waals surface area (Å²) in [5.41, 5.74) is 2.48. The first-order valence-corrected chi connectivity index (χ1v) is 10.4. The third kappa shape index (κ3) is 6.39. The van der Waals surface area contributed by atoms with Gasteiger partial charge in [-0.25, -0.2) is 4.79 Å². The number of hydrogen-bond acceptors (Lipinski definition) is 4. The first-order valence-electron chi connectivity index (χ1n) is 10.00. The van der Waals surface area contributed by atoms with E-state index in [0.29, 0.717) is 46.6 Å². The molecule has 0 saturated heterocycles. The molecule has 0 aromatic heterocycles. The van der Waals surface area contributed by atoms with E-state index in [1.165, 1.54) is 7.11 Å². The Morgan fingerprint density at radius 1 is 0.906 bits per heavy atom. The number of carbonyl (C=O) groups excluding carboxylic acids is 2. The number of methoxy groups -OCH3 is 1. The molecule has 8 heteroatoms. The fraction of sp³-hybridized carbons (Fsp3) is 0.167. The summed E-state index contributed by atoms with van der Waals surface area (Å²) in [7, 11) is 1.52. The van der Waals surface area contributed by atoms with Crippen molar-refractivity contribution in [2.24, 2.45) is 0 Å². The van der Waals surface area contributed by atoms with Gasteiger partial charge in [0.15, 0.2) is 11.5 Å². The minimum Gasteiger partial charge on any atom is -0.493 e. The van der Waals surface area contributed by atoms with Crippen molar-refractivity contribution in [3.05, 3.63) is 82.9 Å². The van der Waals surface area contributed by atoms with E-state index in [9.17, 15) is 9.59 Å². The van der Waals surface area contributed by atoms with E-state index in [4.69, 9.17) is 21.1 Å². The van der Waals surface area contributed by atoms with Crippen molar-refractivity contribution in [1.82, 2.24) is 5.32 Å². The zero-order valence-corrected chi connectivity index (χ0v) is 18.5. The molecule has 166 valence electrons. The number of ether oxygens (including phenoxy) is 2. The number of nitrogens with one attached hydrogen (secondary N) is 3. The molecule has 3 N–H and O–H groups in total. The Morgan fingerprint density at radius 2 is 1.62 bits per heavy atom. The van der Waals surface area contributed by atoms with Crippen LogP contribution in [0.3, 0.4) is 0 Å². The van der Waals surface area contributed by atoms with Crippen molar-refractivity contribution in [2.75, 3.05) is 24.3 Å². The first kappa shape index (κ1) is 23.0. The van der Waals surface area contributed by atoms with Crippen molar-refractivity contribution in [3.8, 4) is 11.5 Å². The zero-order valence-electron chi connectivity index (χ0n) is 17.8. The molecule has 0 fully saturated rings. The van der Waals surface area contributed by atoms with Crippen LogP contribution >= 0.6 is 11.6 Å². The molecule has 0 bridgehead atoms. The number of hydrogen-bond donors (Lipinski definition) is 3. The number of urea groups is 1. The number of carbonyl (C=O) groups is 2. The number of amides is 3. The zero-order chi connectivity index (χ0) is 22.9. The summed E-state index contributed by atoms with van der Waals surface area (Å²) in [6, 6.07) is 18.9. The van der Waals surface area contributed by atoms with Gasteiger partial charge in [-0.05, 0) is 61.0 Å². The van der Waals surface area contributed by atoms with E-state index < -0.39 is 0 Å². The van der Waals surface area contributed by atoms with Gasteiger partial charge in [-0.1, -0.05) is 29.8 Å². The second-order valence-electron chi connectivity index (χ2n) is 6.80. The van der Waals surface area contributed by atoms with E-state index in [2.05, 4.69) is 16.0 Å². The van der Waals surface area contributed by atoms with Crippen molar-refractivity contribution < 1.29 is 19.1 Å². The molecule has 3 amide bonds. The van der Waals surface area contributed by atoms with Crippen LogP contribution in [0.25, 0.3) is 0 Å². The summed E-state index contributed by atoms with van der Waals surface area (Å²) in [5.74, 6) is 0.646. The third-order valence-corrected chi connectivity index (χ3v) is 4.70. The number of rotatable bonds is 8. The quantitative estimate of drug-likeness (QED) is 0.430. The smallest absolute Gasteiger partial charge is 0.319 e. The molecule has 3 aromatic carbocycles. The van der Waals surface area contributed by atoms with Crippen molar-refractivity contribution in [1.29, 1.82) is 0 Å². The summed E-state index contributed by atoms with van der Waals surface area (Å²) in [4.78, 5) is 24.4. The monoisotopic (exact) mass is 453 g/mol. The lowest BCUT2D eigenvalue weighted by Crippen LogP contribution is -2.28. The molecule has 0 aliphatic rings. The van der Waals surface area contributed by atoms with Crippen LogP contribution in [0.5, 0.6) is 11.5 Å². The molecule has 0 aliphatic heterocycles. The highest BCUT2D eigenvalue weighted by Crippen LogP contribution is 2.29. The largest absolute Gasteiger partial charge is 0.493 e. The van der Waals surface area contributed by atoms with Crippen LogP contribution in [0.1, 0.15) is 22.8 Å². The van der Waals surface area contributed by atoms with Crippen LogP contribution in [0.4, 0.5) is 16.2 Å². The fourth-order valence-electron chi connectivity index (χ4n) is 2.88. The molecule has 7 nitrogen and oxygen atoms in total. The molecule has 0 saturated carbocycles. The molecular formula is C24H24ClN3O4. The summed E-state index contributed by atoms with van der Waals surface area (Å²) in [6.07, 6.45) is 0. The van der Waals surface area contributed by atoms with Crippen molar-refractivity contribution in [2.45, 2.75) is 13.5 Å². The Labute approximate surface area is 191 Å². The second kappa shape index (κ2) is 11.1. The molecule has 3 aromatic rings. The predicted octanol–water partition coefficient (Wildman–Crippen LogP) is 5.32. The molecule has 0 aliphatic carbocycles. The Balaban J connectivity index is 1.66. The van der Waals surface area contributed by atoms with E-state index >= 15 is 0 Å². The number of halogens is 1. The van der Waals surface area contributed by atoms with Crippen LogP contribution < -0.4 is 25.4 Å². The molecule has 3 rings (SSSR count). The van der Waals surface area contributed by atoms with Gasteiger partial charge in [0.05, 0.1) is 7.11 Å². The van der Waals surface area contributed by atoms with Gasteiger partial charge >= 0.3 is 6.03 Å². The average molecular weight is 454 g/mol. The Kier molecular flexibility index (Phi) is 7.94. The maximum atomic E-state index is 12.7. The molecule has 0 spiro atoms. The van der Waals surface area contributed by atoms with Gasteiger partial charge in [0.2, 0.25) is 0 Å². The third-order valence-electron chi connectivity index (χ3n) is 4.45. The lowest BCUT2D eigenvalue weighted by atomic mass is 10.1. The van der Waals surface area contributed by atoms with Crippen molar-refractivity contribution >= 4 is 34.9 Å². The first-order chi connectivity index (χ1) is 15.5. The summed E-state index contributed by atoms with van der Waals surface area (Å²) >= 11 is 5.91. The average Bonchev–Trinajstić information content (AvgIpc) is 2.79.